The molecule has 0 fully saturated rings. The molecule has 1 unspecified atom stereocenters. The Hall–Kier alpha value is -1.84. The molecule has 0 saturated carbocycles. The number of methoxy groups -OCH3 is 1. The van der Waals surface area contributed by atoms with Crippen molar-refractivity contribution in [3.63, 3.8) is 0 Å². The topological polar surface area (TPSA) is 55.0 Å². The van der Waals surface area contributed by atoms with Gasteiger partial charge >= 0.3 is 5.97 Å². The van der Waals surface area contributed by atoms with E-state index in [-0.39, 0.29) is 11.9 Å². The Morgan fingerprint density at radius 1 is 1.50 bits per heavy atom. The van der Waals surface area contributed by atoms with E-state index in [0.717, 1.165) is 11.0 Å². The second kappa shape index (κ2) is 4.35. The maximum absolute atomic E-state index is 11.5. The van der Waals surface area contributed by atoms with E-state index < -0.39 is 0 Å². The lowest BCUT2D eigenvalue weighted by Crippen LogP contribution is -2.14. The van der Waals surface area contributed by atoms with Crippen LogP contribution in [0.1, 0.15) is 25.1 Å². The molecule has 2 rings (SSSR count). The Morgan fingerprint density at radius 3 is 2.88 bits per heavy atom. The highest BCUT2D eigenvalue weighted by atomic mass is 16.5. The van der Waals surface area contributed by atoms with Crippen LogP contribution in [0.15, 0.2) is 24.3 Å². The Morgan fingerprint density at radius 2 is 2.25 bits per heavy atom. The van der Waals surface area contributed by atoms with Crippen molar-refractivity contribution in [2.24, 2.45) is 0 Å². The van der Waals surface area contributed by atoms with Crippen molar-refractivity contribution in [2.75, 3.05) is 7.11 Å². The van der Waals surface area contributed by atoms with Gasteiger partial charge < -0.3 is 9.72 Å². The van der Waals surface area contributed by atoms with Gasteiger partial charge in [-0.3, -0.25) is 4.79 Å². The number of ether oxygens (including phenoxy) is 1. The molecule has 2 aromatic rings. The van der Waals surface area contributed by atoms with Crippen LogP contribution in [0, 0.1) is 0 Å². The van der Waals surface area contributed by atoms with Gasteiger partial charge in [-0.2, -0.15) is 0 Å². The largest absolute Gasteiger partial charge is 0.468 e. The van der Waals surface area contributed by atoms with Gasteiger partial charge in [-0.05, 0) is 18.6 Å². The van der Waals surface area contributed by atoms with E-state index in [1.807, 2.05) is 31.2 Å². The summed E-state index contributed by atoms with van der Waals surface area (Å²) >= 11 is 0. The van der Waals surface area contributed by atoms with Crippen LogP contribution < -0.4 is 0 Å². The van der Waals surface area contributed by atoms with Crippen LogP contribution in [0.4, 0.5) is 0 Å². The first-order chi connectivity index (χ1) is 7.76. The molecule has 16 heavy (non-hydrogen) atoms. The second-order valence-corrected chi connectivity index (χ2v) is 3.62. The minimum absolute atomic E-state index is 0.249. The first-order valence-electron chi connectivity index (χ1n) is 5.28. The number of para-hydroxylation sites is 2. The van der Waals surface area contributed by atoms with Crippen molar-refractivity contribution < 1.29 is 9.53 Å². The highest BCUT2D eigenvalue weighted by Gasteiger charge is 2.22. The highest BCUT2D eigenvalue weighted by molar-refractivity contribution is 5.80. The lowest BCUT2D eigenvalue weighted by atomic mass is 10.1. The summed E-state index contributed by atoms with van der Waals surface area (Å²) in [4.78, 5) is 19.1. The molecule has 0 aliphatic heterocycles. The molecule has 0 amide bonds. The number of nitrogens with one attached hydrogen (secondary N) is 1. The predicted octanol–water partition coefficient (Wildman–Crippen LogP) is 2.23. The van der Waals surface area contributed by atoms with E-state index in [1.54, 1.807) is 0 Å². The Kier molecular flexibility index (Phi) is 2.90. The van der Waals surface area contributed by atoms with Crippen molar-refractivity contribution in [1.29, 1.82) is 0 Å². The third-order valence-corrected chi connectivity index (χ3v) is 2.63. The number of carbonyl (C=O) groups is 1. The maximum Gasteiger partial charge on any atom is 0.316 e. The Balaban J connectivity index is 2.41. The fourth-order valence-electron chi connectivity index (χ4n) is 1.75. The van der Waals surface area contributed by atoms with Crippen molar-refractivity contribution in [3.05, 3.63) is 30.1 Å². The standard InChI is InChI=1S/C12H14N2O2/c1-3-8(12(15)16-2)11-13-9-6-4-5-7-10(9)14-11/h4-8H,3H2,1-2H3,(H,13,14). The van der Waals surface area contributed by atoms with Crippen molar-refractivity contribution >= 4 is 17.0 Å². The Labute approximate surface area is 93.6 Å². The smallest absolute Gasteiger partial charge is 0.316 e. The summed E-state index contributed by atoms with van der Waals surface area (Å²) in [6.07, 6.45) is 0.673. The average molecular weight is 218 g/mol. The van der Waals surface area contributed by atoms with Gasteiger partial charge in [-0.1, -0.05) is 19.1 Å². The molecule has 1 atom stereocenters. The van der Waals surface area contributed by atoms with Crippen molar-refractivity contribution in [2.45, 2.75) is 19.3 Å². The molecular formula is C12H14N2O2. The van der Waals surface area contributed by atoms with Crippen molar-refractivity contribution in [1.82, 2.24) is 9.97 Å². The molecule has 1 heterocycles. The van der Waals surface area contributed by atoms with Crippen LogP contribution in [0.25, 0.3) is 11.0 Å². The van der Waals surface area contributed by atoms with Gasteiger partial charge in [0.15, 0.2) is 0 Å². The van der Waals surface area contributed by atoms with Gasteiger partial charge in [-0.15, -0.1) is 0 Å². The average Bonchev–Trinajstić information content (AvgIpc) is 2.72. The summed E-state index contributed by atoms with van der Waals surface area (Å²) in [6.45, 7) is 1.94. The number of H-pyrrole nitrogens is 1. The summed E-state index contributed by atoms with van der Waals surface area (Å²) in [7, 11) is 1.40. The van der Waals surface area contributed by atoms with Crippen LogP contribution in [0.5, 0.6) is 0 Å². The van der Waals surface area contributed by atoms with E-state index in [4.69, 9.17) is 4.74 Å². The monoisotopic (exact) mass is 218 g/mol. The number of carbonyl (C=O) groups excluding carboxylic acids is 1. The molecule has 1 aromatic heterocycles. The summed E-state index contributed by atoms with van der Waals surface area (Å²) in [6, 6.07) is 7.71. The van der Waals surface area contributed by atoms with Crippen LogP contribution in [0.3, 0.4) is 0 Å². The van der Waals surface area contributed by atoms with Crippen LogP contribution >= 0.6 is 0 Å². The van der Waals surface area contributed by atoms with Gasteiger partial charge in [-0.25, -0.2) is 4.98 Å². The summed E-state index contributed by atoms with van der Waals surface area (Å²) < 4.78 is 4.75. The van der Waals surface area contributed by atoms with E-state index >= 15 is 0 Å². The molecule has 0 bridgehead atoms. The van der Waals surface area contributed by atoms with Crippen LogP contribution in [-0.2, 0) is 9.53 Å². The molecule has 0 radical (unpaired) electrons. The number of esters is 1. The predicted molar refractivity (Wildman–Crippen MR) is 61.1 cm³/mol. The fourth-order valence-corrected chi connectivity index (χ4v) is 1.75. The minimum Gasteiger partial charge on any atom is -0.468 e. The van der Waals surface area contributed by atoms with Gasteiger partial charge in [0.05, 0.1) is 18.1 Å². The fraction of sp³-hybridized carbons (Fsp3) is 0.333. The molecule has 84 valence electrons. The number of aromatic amines is 1. The lowest BCUT2D eigenvalue weighted by Gasteiger charge is -2.08. The quantitative estimate of drug-likeness (QED) is 0.804. The molecule has 0 aliphatic rings. The number of aromatic nitrogens is 2. The van der Waals surface area contributed by atoms with E-state index in [2.05, 4.69) is 9.97 Å². The zero-order valence-corrected chi connectivity index (χ0v) is 9.36. The van der Waals surface area contributed by atoms with E-state index in [0.29, 0.717) is 12.2 Å². The first-order valence-corrected chi connectivity index (χ1v) is 5.28. The van der Waals surface area contributed by atoms with Gasteiger partial charge in [0.2, 0.25) is 0 Å². The SMILES string of the molecule is CCC(C(=O)OC)c1nc2ccccc2[nH]1. The molecule has 0 aliphatic carbocycles. The third kappa shape index (κ3) is 1.78. The number of nitrogens with zero attached hydrogens (tertiary/aromatic N) is 1. The molecule has 1 N–H and O–H groups in total. The summed E-state index contributed by atoms with van der Waals surface area (Å²) in [5.41, 5.74) is 1.82. The van der Waals surface area contributed by atoms with E-state index in [1.165, 1.54) is 7.11 Å². The van der Waals surface area contributed by atoms with Gasteiger partial charge in [0, 0.05) is 0 Å². The normalized spacial score (nSPS) is 12.6. The zero-order chi connectivity index (χ0) is 11.5. The summed E-state index contributed by atoms with van der Waals surface area (Å²) in [5, 5.41) is 0. The molecule has 0 saturated heterocycles. The van der Waals surface area contributed by atoms with Gasteiger partial charge in [0.1, 0.15) is 11.7 Å². The molecule has 4 heteroatoms. The number of imidazole rings is 1. The Bertz CT molecular complexity index is 471. The number of fused-ring (bicyclic) bond motifs is 1. The molecule has 0 spiro atoms. The number of benzene rings is 1. The summed E-state index contributed by atoms with van der Waals surface area (Å²) in [5.74, 6) is 0.120. The molecule has 4 nitrogen and oxygen atoms in total. The van der Waals surface area contributed by atoms with Crippen LogP contribution in [-0.4, -0.2) is 23.0 Å². The first kappa shape index (κ1) is 10.7. The van der Waals surface area contributed by atoms with E-state index in [9.17, 15) is 4.79 Å². The second-order valence-electron chi connectivity index (χ2n) is 3.62. The van der Waals surface area contributed by atoms with Crippen molar-refractivity contribution in [3.8, 4) is 0 Å². The van der Waals surface area contributed by atoms with Crippen LogP contribution in [0.2, 0.25) is 0 Å². The minimum atomic E-state index is -0.308. The lowest BCUT2D eigenvalue weighted by molar-refractivity contribution is -0.142. The number of hydrogen-bond donors (Lipinski definition) is 1. The zero-order valence-electron chi connectivity index (χ0n) is 9.36. The third-order valence-electron chi connectivity index (χ3n) is 2.63. The molecule has 1 aromatic carbocycles. The maximum atomic E-state index is 11.5. The highest BCUT2D eigenvalue weighted by Crippen LogP contribution is 2.21. The number of rotatable bonds is 3. The molecular weight excluding hydrogens is 204 g/mol. The van der Waals surface area contributed by atoms with Gasteiger partial charge in [0.25, 0.3) is 0 Å². The number of hydrogen-bond acceptors (Lipinski definition) is 3.